The van der Waals surface area contributed by atoms with Crippen LogP contribution < -0.4 is 15.2 Å². The van der Waals surface area contributed by atoms with Gasteiger partial charge in [0.1, 0.15) is 5.67 Å². The summed E-state index contributed by atoms with van der Waals surface area (Å²) < 4.78 is 25.6. The van der Waals surface area contributed by atoms with E-state index in [1.54, 1.807) is 19.9 Å². The molecule has 0 aromatic heterocycles. The van der Waals surface area contributed by atoms with Gasteiger partial charge in [0, 0.05) is 12.5 Å². The quantitative estimate of drug-likeness (QED) is 0.915. The summed E-state index contributed by atoms with van der Waals surface area (Å²) in [5.41, 5.74) is 5.96. The highest BCUT2D eigenvalue weighted by Crippen LogP contribution is 2.38. The minimum absolute atomic E-state index is 0.0224. The second-order valence-electron chi connectivity index (χ2n) is 5.66. The van der Waals surface area contributed by atoms with Gasteiger partial charge >= 0.3 is 0 Å². The van der Waals surface area contributed by atoms with E-state index in [2.05, 4.69) is 0 Å². The van der Waals surface area contributed by atoms with Crippen LogP contribution in [0.4, 0.5) is 4.39 Å². The molecule has 0 aliphatic carbocycles. The molecule has 1 heterocycles. The van der Waals surface area contributed by atoms with Crippen molar-refractivity contribution < 1.29 is 13.9 Å². The van der Waals surface area contributed by atoms with Crippen molar-refractivity contribution in [3.05, 3.63) is 23.3 Å². The summed E-state index contributed by atoms with van der Waals surface area (Å²) in [7, 11) is 0. The summed E-state index contributed by atoms with van der Waals surface area (Å²) in [4.78, 5) is 0. The molecule has 1 aromatic rings. The molecule has 0 spiro atoms. The van der Waals surface area contributed by atoms with Crippen molar-refractivity contribution in [2.24, 2.45) is 5.73 Å². The summed E-state index contributed by atoms with van der Waals surface area (Å²) in [6.07, 6.45) is 1.46. The third kappa shape index (κ3) is 3.38. The van der Waals surface area contributed by atoms with E-state index in [0.717, 1.165) is 12.0 Å². The van der Waals surface area contributed by atoms with Crippen molar-refractivity contribution in [3.63, 3.8) is 0 Å². The van der Waals surface area contributed by atoms with Crippen LogP contribution in [0.3, 0.4) is 0 Å². The Morgan fingerprint density at radius 3 is 2.37 bits per heavy atom. The Morgan fingerprint density at radius 2 is 1.84 bits per heavy atom. The molecule has 4 heteroatoms. The Labute approximate surface area is 113 Å². The summed E-state index contributed by atoms with van der Waals surface area (Å²) in [5, 5.41) is 0. The standard InChI is InChI=1S/C15H22FNO2/c1-10(17)7-11-8-13-14(19-6-4-5-18-13)9-12(11)15(2,3)16/h8-10H,4-7,17H2,1-3H3. The summed E-state index contributed by atoms with van der Waals surface area (Å²) >= 11 is 0. The third-order valence-electron chi connectivity index (χ3n) is 3.16. The monoisotopic (exact) mass is 267 g/mol. The fourth-order valence-corrected chi connectivity index (χ4v) is 2.32. The second-order valence-corrected chi connectivity index (χ2v) is 5.66. The highest BCUT2D eigenvalue weighted by Gasteiger charge is 2.26. The molecule has 3 nitrogen and oxygen atoms in total. The van der Waals surface area contributed by atoms with E-state index in [9.17, 15) is 4.39 Å². The minimum atomic E-state index is -1.42. The number of fused-ring (bicyclic) bond motifs is 1. The maximum Gasteiger partial charge on any atom is 0.161 e. The highest BCUT2D eigenvalue weighted by atomic mass is 19.1. The predicted molar refractivity (Wildman–Crippen MR) is 73.5 cm³/mol. The average molecular weight is 267 g/mol. The molecule has 19 heavy (non-hydrogen) atoms. The lowest BCUT2D eigenvalue weighted by Gasteiger charge is -2.22. The summed E-state index contributed by atoms with van der Waals surface area (Å²) in [6, 6.07) is 3.62. The molecule has 0 saturated carbocycles. The molecule has 2 N–H and O–H groups in total. The van der Waals surface area contributed by atoms with Crippen molar-refractivity contribution in [3.8, 4) is 11.5 Å². The highest BCUT2D eigenvalue weighted by molar-refractivity contribution is 5.49. The van der Waals surface area contributed by atoms with Gasteiger partial charge in [0.2, 0.25) is 0 Å². The molecule has 1 aromatic carbocycles. The van der Waals surface area contributed by atoms with E-state index < -0.39 is 5.67 Å². The lowest BCUT2D eigenvalue weighted by Crippen LogP contribution is -2.21. The Balaban J connectivity index is 2.47. The maximum absolute atomic E-state index is 14.4. The van der Waals surface area contributed by atoms with Gasteiger partial charge in [0.05, 0.1) is 13.2 Å². The Kier molecular flexibility index (Phi) is 3.99. The van der Waals surface area contributed by atoms with Crippen molar-refractivity contribution in [2.75, 3.05) is 13.2 Å². The van der Waals surface area contributed by atoms with E-state index in [0.29, 0.717) is 36.7 Å². The van der Waals surface area contributed by atoms with E-state index in [4.69, 9.17) is 15.2 Å². The van der Waals surface area contributed by atoms with Gasteiger partial charge in [0.25, 0.3) is 0 Å². The first kappa shape index (κ1) is 14.1. The Morgan fingerprint density at radius 1 is 1.26 bits per heavy atom. The number of nitrogens with two attached hydrogens (primary N) is 1. The number of rotatable bonds is 3. The lowest BCUT2D eigenvalue weighted by molar-refractivity contribution is 0.218. The molecule has 0 fully saturated rings. The SMILES string of the molecule is CC(N)Cc1cc2c(cc1C(C)(C)F)OCCCO2. The predicted octanol–water partition coefficient (Wildman–Crippen LogP) is 2.94. The molecule has 106 valence electrons. The zero-order chi connectivity index (χ0) is 14.0. The van der Waals surface area contributed by atoms with Crippen molar-refractivity contribution in [2.45, 2.75) is 45.3 Å². The van der Waals surface area contributed by atoms with Gasteiger partial charge in [0.15, 0.2) is 11.5 Å². The van der Waals surface area contributed by atoms with Gasteiger partial charge < -0.3 is 15.2 Å². The van der Waals surface area contributed by atoms with Crippen molar-refractivity contribution >= 4 is 0 Å². The number of halogens is 1. The van der Waals surface area contributed by atoms with Crippen LogP contribution in [0.15, 0.2) is 12.1 Å². The van der Waals surface area contributed by atoms with Crippen molar-refractivity contribution in [1.82, 2.24) is 0 Å². The van der Waals surface area contributed by atoms with E-state index >= 15 is 0 Å². The second kappa shape index (κ2) is 5.37. The average Bonchev–Trinajstić information content (AvgIpc) is 2.50. The minimum Gasteiger partial charge on any atom is -0.490 e. The first-order valence-corrected chi connectivity index (χ1v) is 6.75. The summed E-state index contributed by atoms with van der Waals surface area (Å²) in [6.45, 7) is 6.25. The van der Waals surface area contributed by atoms with Crippen LogP contribution in [0.25, 0.3) is 0 Å². The number of alkyl halides is 1. The molecule has 1 atom stereocenters. The van der Waals surface area contributed by atoms with Gasteiger partial charge in [-0.05, 0) is 50.5 Å². The van der Waals surface area contributed by atoms with E-state index in [1.165, 1.54) is 0 Å². The molecular weight excluding hydrogens is 245 g/mol. The van der Waals surface area contributed by atoms with Gasteiger partial charge in [-0.1, -0.05) is 0 Å². The first-order chi connectivity index (χ1) is 8.88. The third-order valence-corrected chi connectivity index (χ3v) is 3.16. The van der Waals surface area contributed by atoms with Crippen LogP contribution in [0.2, 0.25) is 0 Å². The van der Waals surface area contributed by atoms with E-state index in [1.807, 2.05) is 13.0 Å². The molecule has 1 aliphatic heterocycles. The Hall–Kier alpha value is -1.29. The van der Waals surface area contributed by atoms with Crippen LogP contribution in [-0.4, -0.2) is 19.3 Å². The van der Waals surface area contributed by atoms with Crippen LogP contribution in [0, 0.1) is 0 Å². The van der Waals surface area contributed by atoms with E-state index in [-0.39, 0.29) is 6.04 Å². The fraction of sp³-hybridized carbons (Fsp3) is 0.600. The van der Waals surface area contributed by atoms with Crippen LogP contribution in [0.1, 0.15) is 38.3 Å². The maximum atomic E-state index is 14.4. The zero-order valence-corrected chi connectivity index (χ0v) is 11.8. The van der Waals surface area contributed by atoms with Gasteiger partial charge in [-0.15, -0.1) is 0 Å². The van der Waals surface area contributed by atoms with Gasteiger partial charge in [-0.2, -0.15) is 0 Å². The molecular formula is C15H22FNO2. The normalized spacial score (nSPS) is 16.9. The van der Waals surface area contributed by atoms with Crippen LogP contribution in [-0.2, 0) is 12.1 Å². The molecule has 1 unspecified atom stereocenters. The molecule has 2 rings (SSSR count). The topological polar surface area (TPSA) is 44.5 Å². The number of benzene rings is 1. The molecule has 1 aliphatic rings. The smallest absolute Gasteiger partial charge is 0.161 e. The number of ether oxygens (including phenoxy) is 2. The first-order valence-electron chi connectivity index (χ1n) is 6.75. The molecule has 0 amide bonds. The van der Waals surface area contributed by atoms with Gasteiger partial charge in [-0.3, -0.25) is 0 Å². The number of hydrogen-bond donors (Lipinski definition) is 1. The Bertz CT molecular complexity index is 452. The zero-order valence-electron chi connectivity index (χ0n) is 11.8. The number of hydrogen-bond acceptors (Lipinski definition) is 3. The molecule has 0 bridgehead atoms. The van der Waals surface area contributed by atoms with Crippen molar-refractivity contribution in [1.29, 1.82) is 0 Å². The summed E-state index contributed by atoms with van der Waals surface area (Å²) in [5.74, 6) is 1.33. The molecule has 0 saturated heterocycles. The largest absolute Gasteiger partial charge is 0.490 e. The lowest BCUT2D eigenvalue weighted by atomic mass is 9.91. The van der Waals surface area contributed by atoms with Crippen LogP contribution in [0.5, 0.6) is 11.5 Å². The fourth-order valence-electron chi connectivity index (χ4n) is 2.32. The molecule has 0 radical (unpaired) electrons. The van der Waals surface area contributed by atoms with Crippen LogP contribution >= 0.6 is 0 Å². The van der Waals surface area contributed by atoms with Gasteiger partial charge in [-0.25, -0.2) is 4.39 Å².